The predicted molar refractivity (Wildman–Crippen MR) is 59.8 cm³/mol. The number of rotatable bonds is 4. The summed E-state index contributed by atoms with van der Waals surface area (Å²) >= 11 is 0. The second-order valence-electron chi connectivity index (χ2n) is 4.09. The zero-order chi connectivity index (χ0) is 10.8. The van der Waals surface area contributed by atoms with Gasteiger partial charge in [-0.3, -0.25) is 0 Å². The van der Waals surface area contributed by atoms with Crippen LogP contribution in [0, 0.1) is 5.92 Å². The van der Waals surface area contributed by atoms with E-state index in [0.29, 0.717) is 23.8 Å². The molecule has 0 bridgehead atoms. The van der Waals surface area contributed by atoms with E-state index in [2.05, 4.69) is 0 Å². The smallest absolute Gasteiger partial charge is 0.335 e. The van der Waals surface area contributed by atoms with Crippen LogP contribution < -0.4 is 10.2 Å². The fraction of sp³-hybridized carbons (Fsp3) is 0.364. The predicted octanol–water partition coefficient (Wildman–Crippen LogP) is 0.432. The molecule has 3 nitrogen and oxygen atoms in total. The van der Waals surface area contributed by atoms with Crippen LogP contribution in [0.25, 0.3) is 0 Å². The maximum Gasteiger partial charge on any atom is 0.335 e. The minimum absolute atomic E-state index is 0.292. The molecule has 0 aliphatic heterocycles. The third-order valence-corrected chi connectivity index (χ3v) is 2.48. The summed E-state index contributed by atoms with van der Waals surface area (Å²) in [6.07, 6.45) is 2.47. The summed E-state index contributed by atoms with van der Waals surface area (Å²) in [5.41, 5.74) is 1.21. The van der Waals surface area contributed by atoms with Crippen molar-refractivity contribution in [3.8, 4) is 5.75 Å². The third-order valence-electron chi connectivity index (χ3n) is 2.48. The lowest BCUT2D eigenvalue weighted by Crippen LogP contribution is -2.09. The van der Waals surface area contributed by atoms with Gasteiger partial charge in [0.25, 0.3) is 0 Å². The van der Waals surface area contributed by atoms with Crippen LogP contribution in [-0.4, -0.2) is 25.5 Å². The molecule has 4 heteroatoms. The first kappa shape index (κ1) is 10.1. The fourth-order valence-electron chi connectivity index (χ4n) is 1.45. The Balaban J connectivity index is 2.10. The highest BCUT2D eigenvalue weighted by atomic mass is 16.5. The van der Waals surface area contributed by atoms with Gasteiger partial charge >= 0.3 is 5.97 Å². The van der Waals surface area contributed by atoms with Crippen LogP contribution in [-0.2, 0) is 0 Å². The van der Waals surface area contributed by atoms with Crippen LogP contribution in [0.5, 0.6) is 5.75 Å². The zero-order valence-electron chi connectivity index (χ0n) is 8.69. The molecule has 1 aromatic carbocycles. The van der Waals surface area contributed by atoms with Gasteiger partial charge in [-0.15, -0.1) is 0 Å². The molecule has 0 amide bonds. The van der Waals surface area contributed by atoms with Crippen molar-refractivity contribution < 1.29 is 14.6 Å². The Kier molecular flexibility index (Phi) is 2.67. The summed E-state index contributed by atoms with van der Waals surface area (Å²) in [5.74, 6) is 0.438. The number of carboxylic acids is 1. The van der Waals surface area contributed by atoms with Gasteiger partial charge < -0.3 is 9.84 Å². The molecule has 78 valence electrons. The maximum absolute atomic E-state index is 10.8. The lowest BCUT2D eigenvalue weighted by atomic mass is 9.94. The standard InChI is InChI=1S/C11H13BO3/c12-9-3-8(11(13)14)4-10(5-9)15-6-7-1-2-7/h3-5,7H,1-2,6,12H2,(H,13,14). The number of benzene rings is 1. The first-order chi connectivity index (χ1) is 7.15. The summed E-state index contributed by atoms with van der Waals surface area (Å²) in [6.45, 7) is 0.711. The van der Waals surface area contributed by atoms with Gasteiger partial charge in [0.2, 0.25) is 0 Å². The van der Waals surface area contributed by atoms with E-state index in [9.17, 15) is 4.79 Å². The van der Waals surface area contributed by atoms with Crippen molar-refractivity contribution in [3.05, 3.63) is 23.8 Å². The largest absolute Gasteiger partial charge is 0.493 e. The van der Waals surface area contributed by atoms with Crippen LogP contribution in [0.4, 0.5) is 0 Å². The van der Waals surface area contributed by atoms with E-state index in [1.54, 1.807) is 12.1 Å². The van der Waals surface area contributed by atoms with E-state index in [-0.39, 0.29) is 0 Å². The van der Waals surface area contributed by atoms with Crippen LogP contribution in [0.2, 0.25) is 0 Å². The van der Waals surface area contributed by atoms with E-state index in [4.69, 9.17) is 9.84 Å². The second-order valence-corrected chi connectivity index (χ2v) is 4.09. The topological polar surface area (TPSA) is 46.5 Å². The van der Waals surface area contributed by atoms with Crippen molar-refractivity contribution in [3.63, 3.8) is 0 Å². The van der Waals surface area contributed by atoms with Gasteiger partial charge in [0.05, 0.1) is 12.2 Å². The molecule has 0 heterocycles. The molecule has 0 radical (unpaired) electrons. The molecule has 0 unspecified atom stereocenters. The first-order valence-corrected chi connectivity index (χ1v) is 5.13. The van der Waals surface area contributed by atoms with Gasteiger partial charge in [-0.1, -0.05) is 11.5 Å². The highest BCUT2D eigenvalue weighted by Crippen LogP contribution is 2.29. The molecule has 0 saturated heterocycles. The van der Waals surface area contributed by atoms with Gasteiger partial charge in [0.1, 0.15) is 13.6 Å². The van der Waals surface area contributed by atoms with Crippen LogP contribution >= 0.6 is 0 Å². The zero-order valence-corrected chi connectivity index (χ0v) is 8.69. The average Bonchev–Trinajstić information content (AvgIpc) is 2.97. The lowest BCUT2D eigenvalue weighted by molar-refractivity contribution is 0.0696. The van der Waals surface area contributed by atoms with Crippen molar-refractivity contribution in [2.75, 3.05) is 6.61 Å². The van der Waals surface area contributed by atoms with Crippen molar-refractivity contribution in [1.29, 1.82) is 0 Å². The number of aromatic carboxylic acids is 1. The molecule has 1 aliphatic carbocycles. The molecule has 0 aromatic heterocycles. The number of hydrogen-bond acceptors (Lipinski definition) is 2. The van der Waals surface area contributed by atoms with E-state index < -0.39 is 5.97 Å². The SMILES string of the molecule is Bc1cc(OCC2CC2)cc(C(=O)O)c1. The number of hydrogen-bond donors (Lipinski definition) is 1. The Hall–Kier alpha value is -1.45. The van der Waals surface area contributed by atoms with Crippen molar-refractivity contribution in [2.45, 2.75) is 12.8 Å². The summed E-state index contributed by atoms with van der Waals surface area (Å²) in [7, 11) is 1.87. The first-order valence-electron chi connectivity index (χ1n) is 5.13. The minimum atomic E-state index is -0.907. The molecule has 1 aromatic rings. The summed E-state index contributed by atoms with van der Waals surface area (Å²) in [4.78, 5) is 10.8. The van der Waals surface area contributed by atoms with Gasteiger partial charge in [0.15, 0.2) is 0 Å². The molecule has 0 spiro atoms. The Morgan fingerprint density at radius 2 is 2.20 bits per heavy atom. The summed E-state index contributed by atoms with van der Waals surface area (Å²) in [6, 6.07) is 5.10. The lowest BCUT2D eigenvalue weighted by Gasteiger charge is -2.07. The van der Waals surface area contributed by atoms with Gasteiger partial charge in [-0.2, -0.15) is 0 Å². The van der Waals surface area contributed by atoms with Crippen molar-refractivity contribution in [2.24, 2.45) is 5.92 Å². The Morgan fingerprint density at radius 3 is 2.80 bits per heavy atom. The molecule has 0 atom stereocenters. The molecular formula is C11H13BO3. The van der Waals surface area contributed by atoms with E-state index in [0.717, 1.165) is 5.46 Å². The summed E-state index contributed by atoms with van der Waals surface area (Å²) in [5, 5.41) is 8.87. The van der Waals surface area contributed by atoms with Crippen LogP contribution in [0.1, 0.15) is 23.2 Å². The molecule has 1 saturated carbocycles. The number of carboxylic acid groups (broad SMARTS) is 1. The average molecular weight is 204 g/mol. The van der Waals surface area contributed by atoms with Gasteiger partial charge in [-0.25, -0.2) is 4.79 Å². The molecule has 15 heavy (non-hydrogen) atoms. The summed E-state index contributed by atoms with van der Waals surface area (Å²) < 4.78 is 5.54. The van der Waals surface area contributed by atoms with E-state index in [1.807, 2.05) is 13.9 Å². The molecule has 1 aliphatic rings. The quantitative estimate of drug-likeness (QED) is 0.723. The van der Waals surface area contributed by atoms with Crippen LogP contribution in [0.15, 0.2) is 18.2 Å². The molecular weight excluding hydrogens is 191 g/mol. The monoisotopic (exact) mass is 204 g/mol. The number of carbonyl (C=O) groups is 1. The highest BCUT2D eigenvalue weighted by Gasteiger charge is 2.22. The Bertz CT molecular complexity index is 385. The fourth-order valence-corrected chi connectivity index (χ4v) is 1.45. The normalized spacial score (nSPS) is 14.9. The highest BCUT2D eigenvalue weighted by molar-refractivity contribution is 6.32. The van der Waals surface area contributed by atoms with Crippen LogP contribution in [0.3, 0.4) is 0 Å². The van der Waals surface area contributed by atoms with Gasteiger partial charge in [-0.05, 0) is 30.9 Å². The van der Waals surface area contributed by atoms with Crippen molar-refractivity contribution >= 4 is 19.3 Å². The molecule has 1 fully saturated rings. The third kappa shape index (κ3) is 2.75. The van der Waals surface area contributed by atoms with Gasteiger partial charge in [0, 0.05) is 0 Å². The number of ether oxygens (including phenoxy) is 1. The van der Waals surface area contributed by atoms with E-state index >= 15 is 0 Å². The Morgan fingerprint density at radius 1 is 1.47 bits per heavy atom. The minimum Gasteiger partial charge on any atom is -0.493 e. The van der Waals surface area contributed by atoms with Crippen molar-refractivity contribution in [1.82, 2.24) is 0 Å². The maximum atomic E-state index is 10.8. The van der Waals surface area contributed by atoms with E-state index in [1.165, 1.54) is 12.8 Å². The Labute approximate surface area is 89.5 Å². The molecule has 1 N–H and O–H groups in total. The second kappa shape index (κ2) is 3.97. The molecule has 2 rings (SSSR count).